The van der Waals surface area contributed by atoms with Crippen molar-refractivity contribution in [2.75, 3.05) is 18.5 Å². The van der Waals surface area contributed by atoms with Crippen molar-refractivity contribution in [1.29, 1.82) is 0 Å². The van der Waals surface area contributed by atoms with Crippen LogP contribution in [-0.2, 0) is 9.53 Å². The van der Waals surface area contributed by atoms with Crippen LogP contribution < -0.4 is 5.32 Å². The van der Waals surface area contributed by atoms with E-state index in [0.29, 0.717) is 5.92 Å². The number of amides is 1. The number of thiazole rings is 1. The van der Waals surface area contributed by atoms with E-state index in [2.05, 4.69) is 10.3 Å². The van der Waals surface area contributed by atoms with Crippen LogP contribution >= 0.6 is 11.3 Å². The number of carbonyl (C=O) groups excluding carboxylic acids is 1. The molecule has 1 aliphatic rings. The summed E-state index contributed by atoms with van der Waals surface area (Å²) in [6.07, 6.45) is 3.74. The molecule has 0 radical (unpaired) electrons. The molecule has 1 aromatic carbocycles. The summed E-state index contributed by atoms with van der Waals surface area (Å²) in [6, 6.07) is 7.86. The zero-order valence-corrected chi connectivity index (χ0v) is 13.4. The lowest BCUT2D eigenvalue weighted by Gasteiger charge is -2.26. The van der Waals surface area contributed by atoms with Gasteiger partial charge in [-0.2, -0.15) is 0 Å². The Morgan fingerprint density at radius 1 is 1.32 bits per heavy atom. The van der Waals surface area contributed by atoms with Crippen molar-refractivity contribution in [3.63, 3.8) is 0 Å². The SMILES string of the molecule is C[C@H](C(=O)Nc1ccc(-c2nccs2)cc1)C1CCOCC1. The summed E-state index contributed by atoms with van der Waals surface area (Å²) < 4.78 is 5.36. The van der Waals surface area contributed by atoms with E-state index in [1.54, 1.807) is 17.5 Å². The number of rotatable bonds is 4. The van der Waals surface area contributed by atoms with Gasteiger partial charge in [-0.25, -0.2) is 4.98 Å². The number of benzene rings is 1. The summed E-state index contributed by atoms with van der Waals surface area (Å²) in [5.74, 6) is 0.528. The standard InChI is InChI=1S/C17H20N2O2S/c1-12(13-6-9-21-10-7-13)16(20)19-15-4-2-14(3-5-15)17-18-8-11-22-17/h2-5,8,11-13H,6-7,9-10H2,1H3,(H,19,20)/t12-/m0/s1. The smallest absolute Gasteiger partial charge is 0.227 e. The fourth-order valence-corrected chi connectivity index (χ4v) is 3.39. The molecule has 1 fully saturated rings. The number of hydrogen-bond acceptors (Lipinski definition) is 4. The molecule has 1 N–H and O–H groups in total. The lowest BCUT2D eigenvalue weighted by Crippen LogP contribution is -2.30. The summed E-state index contributed by atoms with van der Waals surface area (Å²) in [5.41, 5.74) is 1.91. The first-order valence-electron chi connectivity index (χ1n) is 7.62. The summed E-state index contributed by atoms with van der Waals surface area (Å²) in [4.78, 5) is 16.6. The van der Waals surface area contributed by atoms with Gasteiger partial charge in [0.05, 0.1) is 0 Å². The minimum atomic E-state index is 0.0162. The van der Waals surface area contributed by atoms with E-state index in [0.717, 1.165) is 42.3 Å². The first-order valence-corrected chi connectivity index (χ1v) is 8.50. The highest BCUT2D eigenvalue weighted by atomic mass is 32.1. The maximum absolute atomic E-state index is 12.4. The molecule has 2 heterocycles. The van der Waals surface area contributed by atoms with Gasteiger partial charge in [0.15, 0.2) is 0 Å². The van der Waals surface area contributed by atoms with E-state index < -0.39 is 0 Å². The highest BCUT2D eigenvalue weighted by molar-refractivity contribution is 7.13. The van der Waals surface area contributed by atoms with Crippen LogP contribution in [0.1, 0.15) is 19.8 Å². The van der Waals surface area contributed by atoms with Crippen molar-refractivity contribution in [2.24, 2.45) is 11.8 Å². The molecule has 0 unspecified atom stereocenters. The predicted molar refractivity (Wildman–Crippen MR) is 88.9 cm³/mol. The van der Waals surface area contributed by atoms with Gasteiger partial charge in [-0.3, -0.25) is 4.79 Å². The molecule has 22 heavy (non-hydrogen) atoms. The molecule has 0 aliphatic carbocycles. The molecule has 4 nitrogen and oxygen atoms in total. The second-order valence-electron chi connectivity index (χ2n) is 5.64. The monoisotopic (exact) mass is 316 g/mol. The number of ether oxygens (including phenoxy) is 1. The first-order chi connectivity index (χ1) is 10.7. The minimum absolute atomic E-state index is 0.0162. The molecule has 2 aromatic rings. The number of hydrogen-bond donors (Lipinski definition) is 1. The molecule has 5 heteroatoms. The Hall–Kier alpha value is -1.72. The van der Waals surface area contributed by atoms with Crippen LogP contribution in [0.4, 0.5) is 5.69 Å². The van der Waals surface area contributed by atoms with Crippen LogP contribution in [0.2, 0.25) is 0 Å². The lowest BCUT2D eigenvalue weighted by atomic mass is 9.87. The van der Waals surface area contributed by atoms with Gasteiger partial charge >= 0.3 is 0 Å². The predicted octanol–water partition coefficient (Wildman–Crippen LogP) is 3.81. The van der Waals surface area contributed by atoms with Crippen LogP contribution in [0.15, 0.2) is 35.8 Å². The molecule has 1 saturated heterocycles. The van der Waals surface area contributed by atoms with Gasteiger partial charge < -0.3 is 10.1 Å². The second-order valence-corrected chi connectivity index (χ2v) is 6.54. The molecule has 1 aromatic heterocycles. The van der Waals surface area contributed by atoms with E-state index in [1.165, 1.54) is 0 Å². The second kappa shape index (κ2) is 7.03. The fraction of sp³-hybridized carbons (Fsp3) is 0.412. The summed E-state index contributed by atoms with van der Waals surface area (Å²) >= 11 is 1.61. The van der Waals surface area contributed by atoms with E-state index in [4.69, 9.17) is 4.74 Å². The van der Waals surface area contributed by atoms with Crippen molar-refractivity contribution in [3.8, 4) is 10.6 Å². The Kier molecular flexibility index (Phi) is 4.85. The molecule has 0 saturated carbocycles. The van der Waals surface area contributed by atoms with Gasteiger partial charge in [0.2, 0.25) is 5.91 Å². The van der Waals surface area contributed by atoms with Gasteiger partial charge in [0, 0.05) is 42.0 Å². The molecular weight excluding hydrogens is 296 g/mol. The zero-order valence-electron chi connectivity index (χ0n) is 12.6. The topological polar surface area (TPSA) is 51.2 Å². The normalized spacial score (nSPS) is 17.1. The summed E-state index contributed by atoms with van der Waals surface area (Å²) in [6.45, 7) is 3.55. The van der Waals surface area contributed by atoms with Gasteiger partial charge in [0.1, 0.15) is 5.01 Å². The minimum Gasteiger partial charge on any atom is -0.381 e. The highest BCUT2D eigenvalue weighted by Gasteiger charge is 2.25. The third-order valence-electron chi connectivity index (χ3n) is 4.22. The number of aromatic nitrogens is 1. The van der Waals surface area contributed by atoms with Gasteiger partial charge in [0.25, 0.3) is 0 Å². The third-order valence-corrected chi connectivity index (χ3v) is 5.04. The van der Waals surface area contributed by atoms with Crippen molar-refractivity contribution in [2.45, 2.75) is 19.8 Å². The maximum atomic E-state index is 12.4. The number of carbonyl (C=O) groups is 1. The van der Waals surface area contributed by atoms with Gasteiger partial charge in [-0.15, -0.1) is 11.3 Å². The summed E-state index contributed by atoms with van der Waals surface area (Å²) in [7, 11) is 0. The van der Waals surface area contributed by atoms with E-state index in [9.17, 15) is 4.79 Å². The van der Waals surface area contributed by atoms with E-state index in [-0.39, 0.29) is 11.8 Å². The molecular formula is C17H20N2O2S. The van der Waals surface area contributed by atoms with Crippen molar-refractivity contribution in [1.82, 2.24) is 4.98 Å². The highest BCUT2D eigenvalue weighted by Crippen LogP contribution is 2.26. The van der Waals surface area contributed by atoms with Crippen LogP contribution in [0.5, 0.6) is 0 Å². The van der Waals surface area contributed by atoms with Crippen LogP contribution in [0, 0.1) is 11.8 Å². The quantitative estimate of drug-likeness (QED) is 0.933. The molecule has 0 spiro atoms. The average Bonchev–Trinajstić information content (AvgIpc) is 3.10. The molecule has 1 amide bonds. The molecule has 0 bridgehead atoms. The van der Waals surface area contributed by atoms with Crippen molar-refractivity contribution in [3.05, 3.63) is 35.8 Å². The van der Waals surface area contributed by atoms with Crippen LogP contribution in [-0.4, -0.2) is 24.1 Å². The van der Waals surface area contributed by atoms with Crippen LogP contribution in [0.25, 0.3) is 10.6 Å². The summed E-state index contributed by atoms with van der Waals surface area (Å²) in [5, 5.41) is 5.97. The van der Waals surface area contributed by atoms with E-state index in [1.807, 2.05) is 36.6 Å². The number of nitrogens with one attached hydrogen (secondary N) is 1. The average molecular weight is 316 g/mol. The molecule has 1 aliphatic heterocycles. The number of nitrogens with zero attached hydrogens (tertiary/aromatic N) is 1. The molecule has 1 atom stereocenters. The Labute approximate surface area is 134 Å². The van der Waals surface area contributed by atoms with E-state index >= 15 is 0 Å². The Morgan fingerprint density at radius 3 is 2.68 bits per heavy atom. The number of anilines is 1. The third kappa shape index (κ3) is 3.54. The van der Waals surface area contributed by atoms with Gasteiger partial charge in [-0.05, 0) is 43.0 Å². The molecule has 3 rings (SSSR count). The first kappa shape index (κ1) is 15.2. The zero-order chi connectivity index (χ0) is 15.4. The fourth-order valence-electron chi connectivity index (χ4n) is 2.75. The van der Waals surface area contributed by atoms with Crippen molar-refractivity contribution >= 4 is 22.9 Å². The van der Waals surface area contributed by atoms with Gasteiger partial charge in [-0.1, -0.05) is 6.92 Å². The maximum Gasteiger partial charge on any atom is 0.227 e. The Morgan fingerprint density at radius 2 is 2.05 bits per heavy atom. The lowest BCUT2D eigenvalue weighted by molar-refractivity contribution is -0.122. The van der Waals surface area contributed by atoms with Crippen LogP contribution in [0.3, 0.4) is 0 Å². The Balaban J connectivity index is 1.61. The largest absolute Gasteiger partial charge is 0.381 e. The van der Waals surface area contributed by atoms with Crippen molar-refractivity contribution < 1.29 is 9.53 Å². The Bertz CT molecular complexity index is 604. The molecule has 116 valence electrons.